The van der Waals surface area contributed by atoms with Crippen LogP contribution in [0.15, 0.2) is 59.5 Å². The molecule has 0 saturated carbocycles. The average molecular weight is 354 g/mol. The van der Waals surface area contributed by atoms with Crippen molar-refractivity contribution in [2.75, 3.05) is 4.72 Å². The van der Waals surface area contributed by atoms with Crippen LogP contribution in [0.1, 0.15) is 11.1 Å². The summed E-state index contributed by atoms with van der Waals surface area (Å²) in [5, 5.41) is 13.1. The second kappa shape index (κ2) is 5.56. The van der Waals surface area contributed by atoms with Crippen LogP contribution in [0.25, 0.3) is 10.8 Å². The van der Waals surface area contributed by atoms with Crippen LogP contribution >= 0.6 is 0 Å². The Morgan fingerprint density at radius 2 is 1.76 bits per heavy atom. The first-order valence-corrected chi connectivity index (χ1v) is 9.25. The maximum Gasteiger partial charge on any atom is 0.293 e. The number of anilines is 1. The molecule has 6 nitrogen and oxygen atoms in total. The van der Waals surface area contributed by atoms with E-state index in [0.29, 0.717) is 6.42 Å². The molecule has 0 aromatic heterocycles. The maximum atomic E-state index is 12.9. The van der Waals surface area contributed by atoms with Gasteiger partial charge in [0.25, 0.3) is 15.7 Å². The summed E-state index contributed by atoms with van der Waals surface area (Å²) in [6.45, 7) is 0. The molecular weight excluding hydrogens is 340 g/mol. The molecule has 0 bridgehead atoms. The molecule has 0 saturated heterocycles. The van der Waals surface area contributed by atoms with E-state index in [9.17, 15) is 18.5 Å². The van der Waals surface area contributed by atoms with Gasteiger partial charge in [-0.1, -0.05) is 36.4 Å². The van der Waals surface area contributed by atoms with Gasteiger partial charge >= 0.3 is 0 Å². The van der Waals surface area contributed by atoms with Gasteiger partial charge in [0.1, 0.15) is 5.69 Å². The highest BCUT2D eigenvalue weighted by Gasteiger charge is 2.26. The van der Waals surface area contributed by atoms with Gasteiger partial charge in [0.05, 0.1) is 9.82 Å². The van der Waals surface area contributed by atoms with Crippen molar-refractivity contribution >= 4 is 32.2 Å². The van der Waals surface area contributed by atoms with Crippen molar-refractivity contribution in [2.24, 2.45) is 0 Å². The van der Waals surface area contributed by atoms with E-state index in [4.69, 9.17) is 0 Å². The summed E-state index contributed by atoms with van der Waals surface area (Å²) in [6, 6.07) is 15.0. The SMILES string of the molecule is O=[N+]([O-])c1ccccc1NS(=O)(=O)c1ccc2cccc3c2c1CC3. The summed E-state index contributed by atoms with van der Waals surface area (Å²) in [5.74, 6) is 0. The molecule has 25 heavy (non-hydrogen) atoms. The third-order valence-corrected chi connectivity index (χ3v) is 5.93. The minimum atomic E-state index is -3.92. The summed E-state index contributed by atoms with van der Waals surface area (Å²) in [6.07, 6.45) is 1.44. The molecular formula is C18H14N2O4S. The molecule has 3 aromatic carbocycles. The summed E-state index contributed by atoms with van der Waals surface area (Å²) in [5.41, 5.74) is 1.60. The number of nitro benzene ring substituents is 1. The minimum Gasteiger partial charge on any atom is -0.273 e. The van der Waals surface area contributed by atoms with Gasteiger partial charge in [-0.3, -0.25) is 14.8 Å². The van der Waals surface area contributed by atoms with E-state index in [1.54, 1.807) is 18.2 Å². The number of para-hydroxylation sites is 2. The van der Waals surface area contributed by atoms with Crippen LogP contribution in [-0.2, 0) is 22.9 Å². The van der Waals surface area contributed by atoms with Crippen LogP contribution in [0.3, 0.4) is 0 Å². The topological polar surface area (TPSA) is 89.3 Å². The smallest absolute Gasteiger partial charge is 0.273 e. The molecule has 0 amide bonds. The molecule has 0 spiro atoms. The lowest BCUT2D eigenvalue weighted by atomic mass is 10.1. The number of sulfonamides is 1. The van der Waals surface area contributed by atoms with E-state index in [2.05, 4.69) is 4.72 Å². The number of hydrogen-bond donors (Lipinski definition) is 1. The average Bonchev–Trinajstić information content (AvgIpc) is 3.01. The first-order valence-electron chi connectivity index (χ1n) is 7.77. The Morgan fingerprint density at radius 3 is 2.56 bits per heavy atom. The third kappa shape index (κ3) is 2.53. The number of nitro groups is 1. The van der Waals surface area contributed by atoms with E-state index < -0.39 is 14.9 Å². The molecule has 126 valence electrons. The fraction of sp³-hybridized carbons (Fsp3) is 0.111. The molecule has 1 N–H and O–H groups in total. The first kappa shape index (κ1) is 15.6. The minimum absolute atomic E-state index is 0.0360. The standard InChI is InChI=1S/C18H14N2O4S/c21-20(22)16-7-2-1-6-15(16)19-25(23,24)17-11-9-13-5-3-4-12-8-10-14(17)18(12)13/h1-7,9,11,19H,8,10H2. The van der Waals surface area contributed by atoms with Gasteiger partial charge < -0.3 is 0 Å². The van der Waals surface area contributed by atoms with Gasteiger partial charge in [-0.2, -0.15) is 0 Å². The van der Waals surface area contributed by atoms with E-state index in [1.165, 1.54) is 18.2 Å². The molecule has 0 unspecified atom stereocenters. The molecule has 0 aliphatic heterocycles. The quantitative estimate of drug-likeness (QED) is 0.572. The lowest BCUT2D eigenvalue weighted by Crippen LogP contribution is -2.15. The van der Waals surface area contributed by atoms with Crippen LogP contribution in [0.4, 0.5) is 11.4 Å². The van der Waals surface area contributed by atoms with Crippen LogP contribution in [-0.4, -0.2) is 13.3 Å². The Bertz CT molecular complexity index is 1120. The van der Waals surface area contributed by atoms with Crippen LogP contribution in [0, 0.1) is 10.1 Å². The fourth-order valence-corrected chi connectivity index (χ4v) is 4.75. The van der Waals surface area contributed by atoms with Gasteiger partial charge in [-0.25, -0.2) is 8.42 Å². The van der Waals surface area contributed by atoms with Crippen molar-refractivity contribution in [3.8, 4) is 0 Å². The molecule has 7 heteroatoms. The Kier molecular flexibility index (Phi) is 3.47. The van der Waals surface area contributed by atoms with E-state index in [0.717, 1.165) is 28.3 Å². The lowest BCUT2D eigenvalue weighted by molar-refractivity contribution is -0.383. The Morgan fingerprint density at radius 1 is 0.960 bits per heavy atom. The number of rotatable bonds is 4. The third-order valence-electron chi connectivity index (χ3n) is 4.48. The number of hydrogen-bond acceptors (Lipinski definition) is 4. The molecule has 3 aromatic rings. The van der Waals surface area contributed by atoms with Crippen molar-refractivity contribution < 1.29 is 13.3 Å². The fourth-order valence-electron chi connectivity index (χ4n) is 3.40. The molecule has 1 aliphatic rings. The van der Waals surface area contributed by atoms with E-state index in [1.807, 2.05) is 18.2 Å². The highest BCUT2D eigenvalue weighted by molar-refractivity contribution is 7.92. The zero-order valence-corrected chi connectivity index (χ0v) is 13.9. The van der Waals surface area contributed by atoms with E-state index >= 15 is 0 Å². The van der Waals surface area contributed by atoms with Crippen LogP contribution in [0.2, 0.25) is 0 Å². The zero-order valence-electron chi connectivity index (χ0n) is 13.1. The lowest BCUT2D eigenvalue weighted by Gasteiger charge is -2.12. The zero-order chi connectivity index (χ0) is 17.6. The Hall–Kier alpha value is -2.93. The highest BCUT2D eigenvalue weighted by Crippen LogP contribution is 2.36. The molecule has 0 atom stereocenters. The van der Waals surface area contributed by atoms with Gasteiger partial charge in [-0.05, 0) is 46.9 Å². The first-order chi connectivity index (χ1) is 12.0. The van der Waals surface area contributed by atoms with Crippen LogP contribution in [0.5, 0.6) is 0 Å². The summed E-state index contributed by atoms with van der Waals surface area (Å²) < 4.78 is 28.2. The number of nitrogens with one attached hydrogen (secondary N) is 1. The Labute approximate surface area is 144 Å². The maximum absolute atomic E-state index is 12.9. The van der Waals surface area contributed by atoms with Gasteiger partial charge in [0.2, 0.25) is 0 Å². The van der Waals surface area contributed by atoms with E-state index in [-0.39, 0.29) is 16.3 Å². The van der Waals surface area contributed by atoms with Gasteiger partial charge in [0.15, 0.2) is 0 Å². The molecule has 0 radical (unpaired) electrons. The second-order valence-electron chi connectivity index (χ2n) is 5.94. The predicted octanol–water partition coefficient (Wildman–Crippen LogP) is 3.65. The summed E-state index contributed by atoms with van der Waals surface area (Å²) in [7, 11) is -3.92. The predicted molar refractivity (Wildman–Crippen MR) is 95.3 cm³/mol. The Balaban J connectivity index is 1.84. The monoisotopic (exact) mass is 354 g/mol. The van der Waals surface area contributed by atoms with Gasteiger partial charge in [-0.15, -0.1) is 0 Å². The van der Waals surface area contributed by atoms with Crippen molar-refractivity contribution in [1.29, 1.82) is 0 Å². The number of benzene rings is 3. The van der Waals surface area contributed by atoms with Crippen molar-refractivity contribution in [1.82, 2.24) is 0 Å². The van der Waals surface area contributed by atoms with Crippen molar-refractivity contribution in [2.45, 2.75) is 17.7 Å². The normalized spacial score (nSPS) is 13.1. The van der Waals surface area contributed by atoms with Crippen molar-refractivity contribution in [3.05, 3.63) is 75.8 Å². The van der Waals surface area contributed by atoms with Crippen molar-refractivity contribution in [3.63, 3.8) is 0 Å². The summed E-state index contributed by atoms with van der Waals surface area (Å²) >= 11 is 0. The molecule has 4 rings (SSSR count). The van der Waals surface area contributed by atoms with Crippen LogP contribution < -0.4 is 4.72 Å². The molecule has 1 aliphatic carbocycles. The highest BCUT2D eigenvalue weighted by atomic mass is 32.2. The number of nitrogens with zero attached hydrogens (tertiary/aromatic N) is 1. The molecule has 0 fully saturated rings. The largest absolute Gasteiger partial charge is 0.293 e. The second-order valence-corrected chi connectivity index (χ2v) is 7.59. The van der Waals surface area contributed by atoms with Gasteiger partial charge in [0, 0.05) is 6.07 Å². The molecule has 0 heterocycles. The summed E-state index contributed by atoms with van der Waals surface area (Å²) in [4.78, 5) is 10.7. The number of aryl methyl sites for hydroxylation is 2.